The maximum Gasteiger partial charge on any atom is 0.127 e. The Bertz CT molecular complexity index is 400. The van der Waals surface area contributed by atoms with Crippen molar-refractivity contribution in [2.24, 2.45) is 5.92 Å². The molecule has 0 spiro atoms. The van der Waals surface area contributed by atoms with Gasteiger partial charge in [0.2, 0.25) is 0 Å². The molecular formula is C16H29N3. The number of aryl methyl sites for hydroxylation is 1. The molecule has 1 aliphatic rings. The first kappa shape index (κ1) is 14.4. The zero-order valence-electron chi connectivity index (χ0n) is 12.8. The summed E-state index contributed by atoms with van der Waals surface area (Å²) in [4.78, 5) is 4.87. The smallest absolute Gasteiger partial charge is 0.127 e. The van der Waals surface area contributed by atoms with Crippen LogP contribution in [-0.4, -0.2) is 9.55 Å². The summed E-state index contributed by atoms with van der Waals surface area (Å²) < 4.78 is 2.26. The lowest BCUT2D eigenvalue weighted by atomic mass is 9.81. The van der Waals surface area contributed by atoms with Crippen molar-refractivity contribution in [2.45, 2.75) is 78.2 Å². The predicted octanol–water partition coefficient (Wildman–Crippen LogP) is 4.12. The third-order valence-corrected chi connectivity index (χ3v) is 4.57. The van der Waals surface area contributed by atoms with Crippen molar-refractivity contribution in [2.75, 3.05) is 5.73 Å². The minimum absolute atomic E-state index is 0.601. The van der Waals surface area contributed by atoms with Crippen molar-refractivity contribution in [1.29, 1.82) is 0 Å². The Kier molecular flexibility index (Phi) is 4.89. The summed E-state index contributed by atoms with van der Waals surface area (Å²) in [6.45, 7) is 7.79. The van der Waals surface area contributed by atoms with Gasteiger partial charge in [-0.3, -0.25) is 0 Å². The van der Waals surface area contributed by atoms with Gasteiger partial charge in [0.05, 0.1) is 5.69 Å². The van der Waals surface area contributed by atoms with E-state index in [1.807, 2.05) is 0 Å². The van der Waals surface area contributed by atoms with E-state index in [1.165, 1.54) is 50.0 Å². The molecule has 108 valence electrons. The van der Waals surface area contributed by atoms with Gasteiger partial charge in [-0.25, -0.2) is 4.98 Å². The number of aromatic nitrogens is 2. The van der Waals surface area contributed by atoms with Crippen LogP contribution in [0.25, 0.3) is 0 Å². The van der Waals surface area contributed by atoms with Gasteiger partial charge < -0.3 is 10.3 Å². The van der Waals surface area contributed by atoms with Crippen molar-refractivity contribution in [3.8, 4) is 0 Å². The molecule has 2 rings (SSSR count). The number of nitrogen functional groups attached to an aromatic ring is 1. The summed E-state index contributed by atoms with van der Waals surface area (Å²) in [5.74, 6) is 3.61. The van der Waals surface area contributed by atoms with Gasteiger partial charge in [-0.1, -0.05) is 40.0 Å². The van der Waals surface area contributed by atoms with E-state index in [2.05, 4.69) is 25.3 Å². The Balaban J connectivity index is 2.18. The highest BCUT2D eigenvalue weighted by atomic mass is 15.1. The number of nitrogens with zero attached hydrogens (tertiary/aromatic N) is 2. The van der Waals surface area contributed by atoms with Crippen LogP contribution in [0.1, 0.15) is 76.7 Å². The molecule has 0 aromatic carbocycles. The van der Waals surface area contributed by atoms with Crippen LogP contribution in [0.2, 0.25) is 0 Å². The zero-order chi connectivity index (χ0) is 13.8. The van der Waals surface area contributed by atoms with Crippen LogP contribution in [0.4, 0.5) is 5.82 Å². The summed E-state index contributed by atoms with van der Waals surface area (Å²) in [6, 6.07) is 0. The minimum atomic E-state index is 0.601. The Morgan fingerprint density at radius 3 is 2.47 bits per heavy atom. The van der Waals surface area contributed by atoms with E-state index in [1.54, 1.807) is 0 Å². The molecule has 2 N–H and O–H groups in total. The van der Waals surface area contributed by atoms with Gasteiger partial charge in [-0.15, -0.1) is 0 Å². The van der Waals surface area contributed by atoms with E-state index in [4.69, 9.17) is 10.7 Å². The van der Waals surface area contributed by atoms with E-state index in [-0.39, 0.29) is 0 Å². The Hall–Kier alpha value is -0.990. The molecule has 1 aromatic heterocycles. The van der Waals surface area contributed by atoms with Crippen molar-refractivity contribution in [3.05, 3.63) is 11.5 Å². The fraction of sp³-hybridized carbons (Fsp3) is 0.812. The van der Waals surface area contributed by atoms with E-state index in [0.717, 1.165) is 24.7 Å². The maximum absolute atomic E-state index is 6.39. The van der Waals surface area contributed by atoms with Crippen LogP contribution in [0.5, 0.6) is 0 Å². The second-order valence-electron chi connectivity index (χ2n) is 6.11. The second-order valence-corrected chi connectivity index (χ2v) is 6.11. The Labute approximate surface area is 117 Å². The highest BCUT2D eigenvalue weighted by Gasteiger charge is 2.25. The molecule has 1 fully saturated rings. The van der Waals surface area contributed by atoms with Crippen molar-refractivity contribution < 1.29 is 0 Å². The molecule has 0 aliphatic heterocycles. The minimum Gasteiger partial charge on any atom is -0.384 e. The fourth-order valence-electron chi connectivity index (χ4n) is 3.20. The zero-order valence-corrected chi connectivity index (χ0v) is 12.8. The van der Waals surface area contributed by atoms with E-state index in [0.29, 0.717) is 5.92 Å². The van der Waals surface area contributed by atoms with Crippen LogP contribution in [0, 0.1) is 5.92 Å². The lowest BCUT2D eigenvalue weighted by Crippen LogP contribution is -2.13. The van der Waals surface area contributed by atoms with Crippen molar-refractivity contribution >= 4 is 5.82 Å². The van der Waals surface area contributed by atoms with Crippen LogP contribution in [0.3, 0.4) is 0 Å². The number of anilines is 1. The summed E-state index contributed by atoms with van der Waals surface area (Å²) in [5.41, 5.74) is 7.58. The molecule has 0 bridgehead atoms. The highest BCUT2D eigenvalue weighted by Crippen LogP contribution is 2.37. The molecule has 0 amide bonds. The topological polar surface area (TPSA) is 43.8 Å². The Morgan fingerprint density at radius 1 is 1.21 bits per heavy atom. The summed E-state index contributed by atoms with van der Waals surface area (Å²) in [6.07, 6.45) is 8.56. The molecule has 0 saturated heterocycles. The lowest BCUT2D eigenvalue weighted by molar-refractivity contribution is 0.345. The summed E-state index contributed by atoms with van der Waals surface area (Å²) >= 11 is 0. The van der Waals surface area contributed by atoms with E-state index >= 15 is 0 Å². The van der Waals surface area contributed by atoms with E-state index in [9.17, 15) is 0 Å². The van der Waals surface area contributed by atoms with Gasteiger partial charge in [-0.05, 0) is 25.2 Å². The monoisotopic (exact) mass is 263 g/mol. The van der Waals surface area contributed by atoms with Gasteiger partial charge >= 0.3 is 0 Å². The fourth-order valence-corrected chi connectivity index (χ4v) is 3.20. The van der Waals surface area contributed by atoms with Crippen molar-refractivity contribution in [3.63, 3.8) is 0 Å². The van der Waals surface area contributed by atoms with Gasteiger partial charge in [0.15, 0.2) is 0 Å². The molecule has 0 radical (unpaired) electrons. The molecule has 1 aromatic rings. The number of imidazole rings is 1. The highest BCUT2D eigenvalue weighted by molar-refractivity contribution is 5.41. The molecule has 1 aliphatic carbocycles. The molecule has 1 heterocycles. The second kappa shape index (κ2) is 6.44. The molecule has 0 atom stereocenters. The first-order chi connectivity index (χ1) is 9.17. The number of unbranched alkanes of at least 4 members (excludes halogenated alkanes) is 1. The van der Waals surface area contributed by atoms with Crippen LogP contribution in [0.15, 0.2) is 0 Å². The standard InChI is InChI=1S/C16H29N3/c1-4-6-11-19-14(5-2)18-15(16(19)17)13-9-7-12(3)8-10-13/h12-13H,4-11,17H2,1-3H3. The number of nitrogens with two attached hydrogens (primary N) is 1. The van der Waals surface area contributed by atoms with Gasteiger partial charge in [0, 0.05) is 18.9 Å². The van der Waals surface area contributed by atoms with Crippen LogP contribution >= 0.6 is 0 Å². The SMILES string of the molecule is CCCCn1c(CC)nc(C2CCC(C)CC2)c1N. The normalized spacial score (nSPS) is 23.7. The van der Waals surface area contributed by atoms with Gasteiger partial charge in [0.25, 0.3) is 0 Å². The third kappa shape index (κ3) is 3.13. The third-order valence-electron chi connectivity index (χ3n) is 4.57. The maximum atomic E-state index is 6.39. The van der Waals surface area contributed by atoms with Gasteiger partial charge in [-0.2, -0.15) is 0 Å². The average molecular weight is 263 g/mol. The largest absolute Gasteiger partial charge is 0.384 e. The first-order valence-corrected chi connectivity index (χ1v) is 8.02. The van der Waals surface area contributed by atoms with E-state index < -0.39 is 0 Å². The molecule has 0 unspecified atom stereocenters. The average Bonchev–Trinajstić information content (AvgIpc) is 2.74. The number of rotatable bonds is 5. The molecular weight excluding hydrogens is 234 g/mol. The molecule has 3 heteroatoms. The molecule has 1 saturated carbocycles. The lowest BCUT2D eigenvalue weighted by Gasteiger charge is -2.25. The van der Waals surface area contributed by atoms with Crippen LogP contribution in [-0.2, 0) is 13.0 Å². The number of hydrogen-bond donors (Lipinski definition) is 1. The molecule has 19 heavy (non-hydrogen) atoms. The summed E-state index contributed by atoms with van der Waals surface area (Å²) in [7, 11) is 0. The van der Waals surface area contributed by atoms with Crippen molar-refractivity contribution in [1.82, 2.24) is 9.55 Å². The first-order valence-electron chi connectivity index (χ1n) is 8.02. The van der Waals surface area contributed by atoms with Gasteiger partial charge in [0.1, 0.15) is 11.6 Å². The number of hydrogen-bond acceptors (Lipinski definition) is 2. The quantitative estimate of drug-likeness (QED) is 0.868. The molecule has 3 nitrogen and oxygen atoms in total. The summed E-state index contributed by atoms with van der Waals surface area (Å²) in [5, 5.41) is 0. The van der Waals surface area contributed by atoms with Crippen LogP contribution < -0.4 is 5.73 Å². The predicted molar refractivity (Wildman–Crippen MR) is 81.3 cm³/mol. The Morgan fingerprint density at radius 2 is 1.89 bits per heavy atom.